The molecule has 2 rings (SSSR count). The lowest BCUT2D eigenvalue weighted by atomic mass is 10.1. The van der Waals surface area contributed by atoms with Crippen molar-refractivity contribution in [1.82, 2.24) is 10.0 Å². The van der Waals surface area contributed by atoms with E-state index in [0.29, 0.717) is 12.2 Å². The van der Waals surface area contributed by atoms with Gasteiger partial charge in [0.1, 0.15) is 18.5 Å². The van der Waals surface area contributed by atoms with E-state index in [1.54, 1.807) is 12.1 Å². The molecule has 1 saturated heterocycles. The lowest BCUT2D eigenvalue weighted by Gasteiger charge is -2.23. The van der Waals surface area contributed by atoms with Gasteiger partial charge in [-0.2, -0.15) is 0 Å². The van der Waals surface area contributed by atoms with Gasteiger partial charge < -0.3 is 9.47 Å². The van der Waals surface area contributed by atoms with Gasteiger partial charge in [0.15, 0.2) is 0 Å². The summed E-state index contributed by atoms with van der Waals surface area (Å²) in [5.41, 5.74) is 3.23. The zero-order valence-corrected chi connectivity index (χ0v) is 18.6. The van der Waals surface area contributed by atoms with Gasteiger partial charge in [0.2, 0.25) is 0 Å². The Labute approximate surface area is 175 Å². The van der Waals surface area contributed by atoms with Crippen LogP contribution in [0.25, 0.3) is 0 Å². The largest absolute Gasteiger partial charge is 0.490 e. The van der Waals surface area contributed by atoms with E-state index in [1.165, 1.54) is 11.1 Å². The first-order chi connectivity index (χ1) is 13.9. The van der Waals surface area contributed by atoms with Crippen molar-refractivity contribution in [3.05, 3.63) is 53.1 Å². The first-order valence-corrected chi connectivity index (χ1v) is 10.7. The Hall–Kier alpha value is -2.11. The second kappa shape index (κ2) is 11.8. The second-order valence-electron chi connectivity index (χ2n) is 7.74. The van der Waals surface area contributed by atoms with Crippen LogP contribution in [0, 0.1) is 0 Å². The average Bonchev–Trinajstić information content (AvgIpc) is 3.10. The summed E-state index contributed by atoms with van der Waals surface area (Å²) < 4.78 is 11.5. The number of nitrogens with zero attached hydrogens (tertiary/aromatic N) is 2. The lowest BCUT2D eigenvalue weighted by Crippen LogP contribution is -2.35. The predicted molar refractivity (Wildman–Crippen MR) is 118 cm³/mol. The lowest BCUT2D eigenvalue weighted by molar-refractivity contribution is 0.0345. The van der Waals surface area contributed by atoms with Gasteiger partial charge in [0.05, 0.1) is 18.7 Å². The van der Waals surface area contributed by atoms with Crippen LogP contribution in [0.2, 0.25) is 0 Å². The van der Waals surface area contributed by atoms with Crippen molar-refractivity contribution < 1.29 is 14.3 Å². The number of carbonyl (C=O) groups excluding carboxylic acids is 1. The molecule has 1 aromatic carbocycles. The molecule has 0 spiro atoms. The third-order valence-electron chi connectivity index (χ3n) is 5.10. The normalized spacial score (nSPS) is 16.1. The zero-order valence-electron chi connectivity index (χ0n) is 18.6. The minimum atomic E-state index is -0.273. The Morgan fingerprint density at radius 1 is 1.03 bits per heavy atom. The van der Waals surface area contributed by atoms with E-state index >= 15 is 0 Å². The molecule has 160 valence electrons. The highest BCUT2D eigenvalue weighted by molar-refractivity contribution is 5.89. The Bertz CT molecular complexity index is 693. The molecule has 1 fully saturated rings. The Morgan fingerprint density at radius 3 is 2.21 bits per heavy atom. The zero-order chi connectivity index (χ0) is 21.2. The Morgan fingerprint density at radius 2 is 1.66 bits per heavy atom. The fourth-order valence-electron chi connectivity index (χ4n) is 3.37. The SMILES string of the molecule is CCN1CC(OC(=O)c2ccc(OCC=C(C)CCC=C(C)C)cc2)CN1CC. The summed E-state index contributed by atoms with van der Waals surface area (Å²) in [4.78, 5) is 12.4. The van der Waals surface area contributed by atoms with Gasteiger partial charge in [-0.1, -0.05) is 31.1 Å². The molecule has 0 atom stereocenters. The van der Waals surface area contributed by atoms with Crippen molar-refractivity contribution in [2.75, 3.05) is 32.8 Å². The molecule has 1 aliphatic heterocycles. The van der Waals surface area contributed by atoms with Gasteiger partial charge in [0.25, 0.3) is 0 Å². The Kier molecular flexibility index (Phi) is 9.42. The maximum Gasteiger partial charge on any atom is 0.338 e. The molecule has 0 aliphatic carbocycles. The monoisotopic (exact) mass is 400 g/mol. The number of benzene rings is 1. The summed E-state index contributed by atoms with van der Waals surface area (Å²) >= 11 is 0. The minimum Gasteiger partial charge on any atom is -0.490 e. The summed E-state index contributed by atoms with van der Waals surface area (Å²) in [7, 11) is 0. The molecule has 0 bridgehead atoms. The summed E-state index contributed by atoms with van der Waals surface area (Å²) in [6.45, 7) is 14.5. The summed E-state index contributed by atoms with van der Waals surface area (Å²) in [6, 6.07) is 7.20. The molecule has 1 aromatic rings. The van der Waals surface area contributed by atoms with Gasteiger partial charge in [-0.15, -0.1) is 0 Å². The smallest absolute Gasteiger partial charge is 0.338 e. The molecular formula is C24H36N2O3. The molecule has 0 saturated carbocycles. The summed E-state index contributed by atoms with van der Waals surface area (Å²) in [5.74, 6) is 0.482. The number of hydrazine groups is 1. The van der Waals surface area contributed by atoms with Crippen molar-refractivity contribution in [1.29, 1.82) is 0 Å². The van der Waals surface area contributed by atoms with Crippen LogP contribution in [0.1, 0.15) is 57.8 Å². The van der Waals surface area contributed by atoms with Crippen molar-refractivity contribution >= 4 is 5.97 Å². The van der Waals surface area contributed by atoms with E-state index in [0.717, 1.165) is 44.8 Å². The third-order valence-corrected chi connectivity index (χ3v) is 5.10. The van der Waals surface area contributed by atoms with Crippen LogP contribution in [0.5, 0.6) is 5.75 Å². The van der Waals surface area contributed by atoms with Gasteiger partial charge in [-0.25, -0.2) is 14.8 Å². The number of rotatable bonds is 10. The summed E-state index contributed by atoms with van der Waals surface area (Å²) in [5, 5.41) is 4.45. The highest BCUT2D eigenvalue weighted by Crippen LogP contribution is 2.17. The first-order valence-electron chi connectivity index (χ1n) is 10.7. The molecule has 1 heterocycles. The van der Waals surface area contributed by atoms with Crippen LogP contribution in [0.4, 0.5) is 0 Å². The van der Waals surface area contributed by atoms with Gasteiger partial charge in [-0.05, 0) is 64.0 Å². The fraction of sp³-hybridized carbons (Fsp3) is 0.542. The highest BCUT2D eigenvalue weighted by Gasteiger charge is 2.30. The van der Waals surface area contributed by atoms with Crippen molar-refractivity contribution in [3.63, 3.8) is 0 Å². The number of hydrogen-bond acceptors (Lipinski definition) is 5. The quantitative estimate of drug-likeness (QED) is 0.415. The minimum absolute atomic E-state index is 0.0854. The third kappa shape index (κ3) is 7.67. The number of allylic oxidation sites excluding steroid dienone is 3. The molecule has 0 unspecified atom stereocenters. The maximum atomic E-state index is 12.4. The van der Waals surface area contributed by atoms with Gasteiger partial charge in [-0.3, -0.25) is 0 Å². The van der Waals surface area contributed by atoms with Crippen LogP contribution in [-0.4, -0.2) is 54.9 Å². The maximum absolute atomic E-state index is 12.4. The van der Waals surface area contributed by atoms with Crippen LogP contribution in [0.3, 0.4) is 0 Å². The van der Waals surface area contributed by atoms with Crippen molar-refractivity contribution in [3.8, 4) is 5.75 Å². The summed E-state index contributed by atoms with van der Waals surface area (Å²) in [6.07, 6.45) is 6.39. The molecule has 5 nitrogen and oxygen atoms in total. The molecule has 0 radical (unpaired) electrons. The molecule has 0 N–H and O–H groups in total. The fourth-order valence-corrected chi connectivity index (χ4v) is 3.37. The van der Waals surface area contributed by atoms with E-state index in [9.17, 15) is 4.79 Å². The first kappa shape index (κ1) is 23.2. The standard InChI is InChI=1S/C24H36N2O3/c1-6-25-17-23(18-26(25)7-2)29-24(27)21-11-13-22(14-12-21)28-16-15-20(5)10-8-9-19(3)4/h9,11-15,23H,6-8,10,16-18H2,1-5H3. The van der Waals surface area contributed by atoms with E-state index in [1.807, 2.05) is 12.1 Å². The molecule has 29 heavy (non-hydrogen) atoms. The number of ether oxygens (including phenoxy) is 2. The molecule has 1 aliphatic rings. The van der Waals surface area contributed by atoms with Crippen LogP contribution in [0.15, 0.2) is 47.6 Å². The number of hydrogen-bond donors (Lipinski definition) is 0. The number of esters is 1. The van der Waals surface area contributed by atoms with Crippen LogP contribution in [-0.2, 0) is 4.74 Å². The van der Waals surface area contributed by atoms with Gasteiger partial charge >= 0.3 is 5.97 Å². The van der Waals surface area contributed by atoms with Gasteiger partial charge in [0, 0.05) is 13.1 Å². The van der Waals surface area contributed by atoms with Crippen LogP contribution < -0.4 is 4.74 Å². The molecule has 5 heteroatoms. The van der Waals surface area contributed by atoms with Crippen LogP contribution >= 0.6 is 0 Å². The average molecular weight is 401 g/mol. The van der Waals surface area contributed by atoms with E-state index in [2.05, 4.69) is 56.8 Å². The van der Waals surface area contributed by atoms with E-state index in [-0.39, 0.29) is 12.1 Å². The molecular weight excluding hydrogens is 364 g/mol. The van der Waals surface area contributed by atoms with E-state index in [4.69, 9.17) is 9.47 Å². The topological polar surface area (TPSA) is 42.0 Å². The molecule has 0 amide bonds. The predicted octanol–water partition coefficient (Wildman–Crippen LogP) is 4.86. The van der Waals surface area contributed by atoms with Crippen molar-refractivity contribution in [2.45, 2.75) is 53.6 Å². The second-order valence-corrected chi connectivity index (χ2v) is 7.74. The Balaban J connectivity index is 1.79. The number of likely N-dealkylation sites (N-methyl/N-ethyl adjacent to an activating group) is 2. The number of carbonyl (C=O) groups is 1. The highest BCUT2D eigenvalue weighted by atomic mass is 16.5. The van der Waals surface area contributed by atoms with Crippen molar-refractivity contribution in [2.24, 2.45) is 0 Å². The van der Waals surface area contributed by atoms with E-state index < -0.39 is 0 Å². The molecule has 0 aromatic heterocycles.